The quantitative estimate of drug-likeness (QED) is 0.329. The predicted octanol–water partition coefficient (Wildman–Crippen LogP) is 1.66. The molecule has 1 atom stereocenters. The van der Waals surface area contributed by atoms with Crippen LogP contribution in [0.1, 0.15) is 12.8 Å². The lowest BCUT2D eigenvalue weighted by molar-refractivity contribution is -0.384. The van der Waals surface area contributed by atoms with Gasteiger partial charge in [0, 0.05) is 25.5 Å². The normalized spacial score (nSPS) is 11.8. The summed E-state index contributed by atoms with van der Waals surface area (Å²) in [6.45, 7) is 0.852. The number of amides is 1. The van der Waals surface area contributed by atoms with Gasteiger partial charge in [0.1, 0.15) is 11.1 Å². The van der Waals surface area contributed by atoms with Crippen molar-refractivity contribution < 1.29 is 24.4 Å². The molecule has 0 spiro atoms. The molecule has 0 saturated heterocycles. The Hall–Kier alpha value is -2.23. The number of nitrogens with one attached hydrogen (secondary N) is 2. The van der Waals surface area contributed by atoms with Gasteiger partial charge in [-0.25, -0.2) is 0 Å². The van der Waals surface area contributed by atoms with Crippen LogP contribution >= 0.6 is 11.6 Å². The minimum Gasteiger partial charge on any atom is -0.480 e. The fourth-order valence-corrected chi connectivity index (χ4v) is 2.05. The van der Waals surface area contributed by atoms with E-state index in [1.807, 2.05) is 0 Å². The van der Waals surface area contributed by atoms with Crippen molar-refractivity contribution >= 4 is 34.9 Å². The molecule has 1 amide bonds. The van der Waals surface area contributed by atoms with E-state index in [1.165, 1.54) is 19.2 Å². The van der Waals surface area contributed by atoms with Crippen LogP contribution in [0.3, 0.4) is 0 Å². The van der Waals surface area contributed by atoms with Gasteiger partial charge in [-0.3, -0.25) is 19.7 Å². The number of nitro benzene ring substituents is 1. The van der Waals surface area contributed by atoms with Gasteiger partial charge in [0.2, 0.25) is 5.91 Å². The zero-order chi connectivity index (χ0) is 18.1. The van der Waals surface area contributed by atoms with Crippen molar-refractivity contribution in [2.45, 2.75) is 18.9 Å². The van der Waals surface area contributed by atoms with Gasteiger partial charge in [-0.15, -0.1) is 0 Å². The molecular weight excluding hydrogens is 342 g/mol. The average Bonchev–Trinajstić information content (AvgIpc) is 2.51. The molecule has 0 heterocycles. The zero-order valence-electron chi connectivity index (χ0n) is 13.0. The van der Waals surface area contributed by atoms with Gasteiger partial charge in [-0.05, 0) is 25.1 Å². The van der Waals surface area contributed by atoms with Crippen molar-refractivity contribution in [3.05, 3.63) is 33.3 Å². The highest BCUT2D eigenvalue weighted by Crippen LogP contribution is 2.27. The molecule has 0 fully saturated rings. The highest BCUT2D eigenvalue weighted by Gasteiger charge is 2.21. The SMILES string of the molecule is COCCCNC(CC(=O)Nc1ccc(Cl)c([N+](=O)[O-])c1)C(=O)O. The lowest BCUT2D eigenvalue weighted by atomic mass is 10.2. The number of anilines is 1. The van der Waals surface area contributed by atoms with Crippen LogP contribution in [0, 0.1) is 10.1 Å². The number of hydrogen-bond acceptors (Lipinski definition) is 6. The Morgan fingerprint density at radius 2 is 2.17 bits per heavy atom. The minimum absolute atomic E-state index is 0.0544. The highest BCUT2D eigenvalue weighted by atomic mass is 35.5. The molecule has 9 nitrogen and oxygen atoms in total. The molecule has 3 N–H and O–H groups in total. The van der Waals surface area contributed by atoms with E-state index in [1.54, 1.807) is 0 Å². The number of nitro groups is 1. The van der Waals surface area contributed by atoms with Crippen molar-refractivity contribution in [2.75, 3.05) is 25.6 Å². The van der Waals surface area contributed by atoms with Crippen LogP contribution in [-0.4, -0.2) is 48.2 Å². The van der Waals surface area contributed by atoms with Crippen LogP contribution in [0.2, 0.25) is 5.02 Å². The largest absolute Gasteiger partial charge is 0.480 e. The van der Waals surface area contributed by atoms with Gasteiger partial charge in [0.15, 0.2) is 0 Å². The minimum atomic E-state index is -1.16. The van der Waals surface area contributed by atoms with Crippen LogP contribution in [-0.2, 0) is 14.3 Å². The molecule has 0 aliphatic rings. The number of rotatable bonds is 10. The fourth-order valence-electron chi connectivity index (χ4n) is 1.87. The molecule has 0 radical (unpaired) electrons. The van der Waals surface area contributed by atoms with E-state index >= 15 is 0 Å². The van der Waals surface area contributed by atoms with Gasteiger partial charge in [0.25, 0.3) is 5.69 Å². The summed E-state index contributed by atoms with van der Waals surface area (Å²) in [6, 6.07) is 2.73. The molecule has 1 aromatic carbocycles. The van der Waals surface area contributed by atoms with Gasteiger partial charge < -0.3 is 20.5 Å². The first-order valence-electron chi connectivity index (χ1n) is 7.04. The van der Waals surface area contributed by atoms with E-state index in [0.29, 0.717) is 19.6 Å². The molecule has 0 bridgehead atoms. The highest BCUT2D eigenvalue weighted by molar-refractivity contribution is 6.32. The van der Waals surface area contributed by atoms with Crippen molar-refractivity contribution in [3.63, 3.8) is 0 Å². The number of carboxylic acid groups (broad SMARTS) is 1. The van der Waals surface area contributed by atoms with Crippen molar-refractivity contribution in [3.8, 4) is 0 Å². The summed E-state index contributed by atoms with van der Waals surface area (Å²) in [6.07, 6.45) is 0.282. The fraction of sp³-hybridized carbons (Fsp3) is 0.429. The Morgan fingerprint density at radius 3 is 2.75 bits per heavy atom. The molecular formula is C14H18ClN3O6. The van der Waals surface area contributed by atoms with Crippen LogP contribution in [0.25, 0.3) is 0 Å². The smallest absolute Gasteiger partial charge is 0.321 e. The third-order valence-electron chi connectivity index (χ3n) is 3.03. The molecule has 24 heavy (non-hydrogen) atoms. The second-order valence-corrected chi connectivity index (χ2v) is 5.27. The Kier molecular flexibility index (Phi) is 8.10. The van der Waals surface area contributed by atoms with Gasteiger partial charge in [-0.1, -0.05) is 11.6 Å². The predicted molar refractivity (Wildman–Crippen MR) is 87.3 cm³/mol. The van der Waals surface area contributed by atoms with Crippen LogP contribution < -0.4 is 10.6 Å². The maximum Gasteiger partial charge on any atom is 0.321 e. The molecule has 1 aromatic rings. The molecule has 0 aliphatic heterocycles. The first-order chi connectivity index (χ1) is 11.3. The number of carbonyl (C=O) groups excluding carboxylic acids is 1. The average molecular weight is 360 g/mol. The van der Waals surface area contributed by atoms with Crippen LogP contribution in [0.5, 0.6) is 0 Å². The standard InChI is InChI=1S/C14H18ClN3O6/c1-24-6-2-5-16-11(14(20)21)8-13(19)17-9-3-4-10(15)12(7-9)18(22)23/h3-4,7,11,16H,2,5-6,8H2,1H3,(H,17,19)(H,20,21). The van der Waals surface area contributed by atoms with Gasteiger partial charge in [-0.2, -0.15) is 0 Å². The summed E-state index contributed by atoms with van der Waals surface area (Å²) in [7, 11) is 1.54. The molecule has 0 aromatic heterocycles. The Labute approximate surface area is 143 Å². The summed E-state index contributed by atoms with van der Waals surface area (Å²) >= 11 is 5.68. The summed E-state index contributed by atoms with van der Waals surface area (Å²) in [5, 5.41) is 25.0. The summed E-state index contributed by atoms with van der Waals surface area (Å²) in [5.74, 6) is -1.75. The number of methoxy groups -OCH3 is 1. The second-order valence-electron chi connectivity index (χ2n) is 4.87. The maximum absolute atomic E-state index is 11.9. The van der Waals surface area contributed by atoms with E-state index in [2.05, 4.69) is 10.6 Å². The number of carboxylic acids is 1. The van der Waals surface area contributed by atoms with E-state index in [9.17, 15) is 19.7 Å². The third kappa shape index (κ3) is 6.49. The number of halogens is 1. The van der Waals surface area contributed by atoms with E-state index in [0.717, 1.165) is 6.07 Å². The number of nitrogens with zero attached hydrogens (tertiary/aromatic N) is 1. The Balaban J connectivity index is 2.64. The summed E-state index contributed by atoms with van der Waals surface area (Å²) in [4.78, 5) is 33.2. The molecule has 10 heteroatoms. The topological polar surface area (TPSA) is 131 Å². The van der Waals surface area contributed by atoms with Crippen molar-refractivity contribution in [2.24, 2.45) is 0 Å². The van der Waals surface area contributed by atoms with E-state index in [-0.39, 0.29) is 22.8 Å². The lowest BCUT2D eigenvalue weighted by Gasteiger charge is -2.14. The molecule has 0 aliphatic carbocycles. The Bertz CT molecular complexity index is 610. The van der Waals surface area contributed by atoms with Crippen molar-refractivity contribution in [1.29, 1.82) is 0 Å². The number of aliphatic carboxylic acids is 1. The molecule has 0 saturated carbocycles. The zero-order valence-corrected chi connectivity index (χ0v) is 13.7. The number of hydrogen-bond donors (Lipinski definition) is 3. The molecule has 132 valence electrons. The number of carbonyl (C=O) groups is 2. The van der Waals surface area contributed by atoms with Crippen molar-refractivity contribution in [1.82, 2.24) is 5.32 Å². The first-order valence-corrected chi connectivity index (χ1v) is 7.42. The summed E-state index contributed by atoms with van der Waals surface area (Å²) < 4.78 is 4.85. The van der Waals surface area contributed by atoms with E-state index in [4.69, 9.17) is 21.4 Å². The second kappa shape index (κ2) is 9.81. The maximum atomic E-state index is 11.9. The number of benzene rings is 1. The first kappa shape index (κ1) is 19.8. The van der Waals surface area contributed by atoms with Crippen LogP contribution in [0.15, 0.2) is 18.2 Å². The van der Waals surface area contributed by atoms with E-state index < -0.39 is 22.8 Å². The monoisotopic (exact) mass is 359 g/mol. The Morgan fingerprint density at radius 1 is 1.46 bits per heavy atom. The molecule has 1 rings (SSSR count). The third-order valence-corrected chi connectivity index (χ3v) is 3.35. The number of ether oxygens (including phenoxy) is 1. The van der Waals surface area contributed by atoms with Gasteiger partial charge >= 0.3 is 5.97 Å². The van der Waals surface area contributed by atoms with Crippen LogP contribution in [0.4, 0.5) is 11.4 Å². The van der Waals surface area contributed by atoms with Gasteiger partial charge in [0.05, 0.1) is 11.3 Å². The summed E-state index contributed by atoms with van der Waals surface area (Å²) in [5.41, 5.74) is -0.179. The lowest BCUT2D eigenvalue weighted by Crippen LogP contribution is -2.40. The molecule has 1 unspecified atom stereocenters.